The Morgan fingerprint density at radius 3 is 2.15 bits per heavy atom. The third-order valence-electron chi connectivity index (χ3n) is 7.44. The first kappa shape index (κ1) is 48.0. The molecule has 0 aromatic heterocycles. The van der Waals surface area contributed by atoms with Crippen molar-refractivity contribution in [2.75, 3.05) is 35.0 Å². The monoisotopic (exact) mass is 795 g/mol. The zero-order chi connectivity index (χ0) is 41.0. The molecule has 0 aliphatic carbocycles. The van der Waals surface area contributed by atoms with Gasteiger partial charge in [0.25, 0.3) is 0 Å². The van der Waals surface area contributed by atoms with Crippen LogP contribution in [0.3, 0.4) is 0 Å². The smallest absolute Gasteiger partial charge is 0.335 e. The van der Waals surface area contributed by atoms with Gasteiger partial charge < -0.3 is 34.3 Å². The van der Waals surface area contributed by atoms with Gasteiger partial charge in [0.1, 0.15) is 23.1 Å². The number of amides is 1. The predicted molar refractivity (Wildman–Crippen MR) is 224 cm³/mol. The molecule has 0 radical (unpaired) electrons. The summed E-state index contributed by atoms with van der Waals surface area (Å²) in [5, 5.41) is 22.1. The van der Waals surface area contributed by atoms with Crippen LogP contribution in [0.4, 0.5) is 0 Å². The molecule has 10 nitrogen and oxygen atoms in total. The summed E-state index contributed by atoms with van der Waals surface area (Å²) in [6.07, 6.45) is 18.7. The number of carboxylic acid groups (broad SMARTS) is 1. The molecule has 0 bridgehead atoms. The lowest BCUT2D eigenvalue weighted by Gasteiger charge is -2.28. The molecule has 0 fully saturated rings. The van der Waals surface area contributed by atoms with E-state index in [9.17, 15) is 15.0 Å². The van der Waals surface area contributed by atoms with Crippen LogP contribution in [0.5, 0.6) is 11.5 Å². The molecule has 2 aromatic rings. The van der Waals surface area contributed by atoms with E-state index in [4.69, 9.17) is 42.5 Å². The summed E-state index contributed by atoms with van der Waals surface area (Å²) in [6.45, 7) is 6.59. The van der Waals surface area contributed by atoms with Gasteiger partial charge in [0.05, 0.1) is 38.5 Å². The molecule has 0 aliphatic heterocycles. The van der Waals surface area contributed by atoms with Gasteiger partial charge in [0.15, 0.2) is 0 Å². The third-order valence-corrected chi connectivity index (χ3v) is 7.81. The van der Waals surface area contributed by atoms with Crippen molar-refractivity contribution in [2.24, 2.45) is 0 Å². The van der Waals surface area contributed by atoms with Crippen molar-refractivity contribution >= 4 is 40.9 Å². The first-order chi connectivity index (χ1) is 26.4. The van der Waals surface area contributed by atoms with Crippen LogP contribution in [0.15, 0.2) is 131 Å². The first-order valence-corrected chi connectivity index (χ1v) is 18.5. The van der Waals surface area contributed by atoms with Crippen LogP contribution >= 0.6 is 23.2 Å². The van der Waals surface area contributed by atoms with Gasteiger partial charge in [-0.05, 0) is 104 Å². The summed E-state index contributed by atoms with van der Waals surface area (Å²) in [4.78, 5) is 26.7. The number of carbonyl (C=O) groups is 2. The Balaban J connectivity index is 0.00000487. The number of nitrogens with zero attached hydrogens (tertiary/aromatic N) is 1. The zero-order valence-electron chi connectivity index (χ0n) is 32.8. The maximum atomic E-state index is 13.6. The van der Waals surface area contributed by atoms with Gasteiger partial charge in [-0.2, -0.15) is 0 Å². The SMILES string of the molecule is CC\C=C(/C=C(\C=C\OC)OC)CC(=O)NC(Cc1ccc(Oc2ccc(C(=O)O)cc2)cc1)C(=N)N(/C=C/C(C)=C/C=C(Cl)\C=C\Cl)CCCC.COC. The predicted octanol–water partition coefficient (Wildman–Crippen LogP) is 10.3. The van der Waals surface area contributed by atoms with Crippen molar-refractivity contribution in [1.82, 2.24) is 10.2 Å². The summed E-state index contributed by atoms with van der Waals surface area (Å²) in [5.74, 6) is 0.576. The summed E-state index contributed by atoms with van der Waals surface area (Å²) in [5.41, 5.74) is 4.06. The van der Waals surface area contributed by atoms with Crippen molar-refractivity contribution in [3.8, 4) is 11.5 Å². The van der Waals surface area contributed by atoms with E-state index in [-0.39, 0.29) is 23.7 Å². The Kier molecular flexibility index (Phi) is 24.8. The summed E-state index contributed by atoms with van der Waals surface area (Å²) in [7, 11) is 6.34. The number of benzene rings is 2. The highest BCUT2D eigenvalue weighted by molar-refractivity contribution is 6.33. The Morgan fingerprint density at radius 1 is 0.964 bits per heavy atom. The number of carbonyl (C=O) groups excluding carboxylic acids is 1. The number of allylic oxidation sites excluding steroid dienone is 9. The highest BCUT2D eigenvalue weighted by Gasteiger charge is 2.23. The Bertz CT molecular complexity index is 1690. The minimum Gasteiger partial charge on any atom is -0.504 e. The second-order valence-corrected chi connectivity index (χ2v) is 12.7. The zero-order valence-corrected chi connectivity index (χ0v) is 34.3. The number of methoxy groups -OCH3 is 3. The van der Waals surface area contributed by atoms with E-state index in [1.54, 1.807) is 77.0 Å². The lowest BCUT2D eigenvalue weighted by molar-refractivity contribution is -0.120. The fourth-order valence-corrected chi connectivity index (χ4v) is 5.03. The molecule has 1 amide bonds. The lowest BCUT2D eigenvalue weighted by atomic mass is 10.0. The molecule has 298 valence electrons. The van der Waals surface area contributed by atoms with Crippen molar-refractivity contribution in [3.63, 3.8) is 0 Å². The van der Waals surface area contributed by atoms with Crippen LogP contribution in [-0.2, 0) is 25.4 Å². The molecule has 2 aromatic carbocycles. The molecule has 0 saturated heterocycles. The molecule has 1 atom stereocenters. The topological polar surface area (TPSA) is 130 Å². The molecule has 0 aliphatic rings. The maximum absolute atomic E-state index is 13.6. The number of halogens is 2. The first-order valence-electron chi connectivity index (χ1n) is 17.7. The molecule has 12 heteroatoms. The van der Waals surface area contributed by atoms with E-state index >= 15 is 0 Å². The van der Waals surface area contributed by atoms with E-state index in [0.717, 1.165) is 29.6 Å². The van der Waals surface area contributed by atoms with Crippen LogP contribution in [0, 0.1) is 5.41 Å². The fraction of sp³-hybridized carbons (Fsp3) is 0.326. The van der Waals surface area contributed by atoms with Gasteiger partial charge >= 0.3 is 5.97 Å². The van der Waals surface area contributed by atoms with E-state index in [1.807, 2.05) is 55.3 Å². The van der Waals surface area contributed by atoms with Gasteiger partial charge in [0, 0.05) is 43.6 Å². The number of rotatable bonds is 21. The third kappa shape index (κ3) is 20.3. The Labute approximate surface area is 336 Å². The Morgan fingerprint density at radius 2 is 1.60 bits per heavy atom. The van der Waals surface area contributed by atoms with Gasteiger partial charge in [-0.3, -0.25) is 10.2 Å². The number of amidine groups is 1. The number of aromatic carboxylic acids is 1. The van der Waals surface area contributed by atoms with Gasteiger partial charge in [-0.25, -0.2) is 4.79 Å². The highest BCUT2D eigenvalue weighted by atomic mass is 35.5. The minimum atomic E-state index is -1.01. The second kappa shape index (κ2) is 28.4. The van der Waals surface area contributed by atoms with E-state index in [1.165, 1.54) is 23.9 Å². The normalized spacial score (nSPS) is 13.0. The molecule has 0 saturated carbocycles. The van der Waals surface area contributed by atoms with E-state index in [2.05, 4.69) is 17.0 Å². The maximum Gasteiger partial charge on any atom is 0.335 e. The number of hydrogen-bond donors (Lipinski definition) is 3. The molecule has 2 rings (SSSR count). The molecule has 0 spiro atoms. The van der Waals surface area contributed by atoms with Crippen LogP contribution in [0.2, 0.25) is 0 Å². The van der Waals surface area contributed by atoms with E-state index < -0.39 is 12.0 Å². The number of nitrogens with one attached hydrogen (secondary N) is 2. The molecule has 3 N–H and O–H groups in total. The standard InChI is InChI=1S/C41H49Cl2N3O6.C2H6O/c1-6-8-24-46(25-21-30(3)10-15-34(43)20-23-42)40(44)38(45-39(47)29-32(9-7-2)27-37(51-5)22-26-50-4)28-31-11-16-35(17-12-31)52-36-18-13-33(14-19-36)41(48)49;1-3-2/h9-23,25-27,38,44H,6-8,24,28-29H2,1-5H3,(H,45,47)(H,48,49);1-2H3/b23-20+,25-21+,26-22+,30-10+,32-9+,34-15+,37-27+,44-40?;. The Hall–Kier alpha value is -5.03. The van der Waals surface area contributed by atoms with Crippen molar-refractivity contribution in [2.45, 2.75) is 58.9 Å². The molecule has 55 heavy (non-hydrogen) atoms. The number of carboxylic acids is 1. The van der Waals surface area contributed by atoms with Gasteiger partial charge in [0.2, 0.25) is 5.91 Å². The number of hydrogen-bond acceptors (Lipinski definition) is 7. The summed E-state index contributed by atoms with van der Waals surface area (Å²) < 4.78 is 20.6. The fourth-order valence-electron chi connectivity index (χ4n) is 4.71. The largest absolute Gasteiger partial charge is 0.504 e. The average molecular weight is 797 g/mol. The highest BCUT2D eigenvalue weighted by Crippen LogP contribution is 2.23. The van der Waals surface area contributed by atoms with E-state index in [0.29, 0.717) is 41.7 Å². The summed E-state index contributed by atoms with van der Waals surface area (Å²) >= 11 is 11.8. The van der Waals surface area contributed by atoms with Crippen molar-refractivity contribution in [3.05, 3.63) is 142 Å². The van der Waals surface area contributed by atoms with Gasteiger partial charge in [-0.15, -0.1) is 0 Å². The lowest BCUT2D eigenvalue weighted by Crippen LogP contribution is -2.48. The van der Waals surface area contributed by atoms with Crippen molar-refractivity contribution in [1.29, 1.82) is 5.41 Å². The molecular weight excluding hydrogens is 741 g/mol. The quantitative estimate of drug-likeness (QED) is 0.0493. The molecule has 0 heterocycles. The summed E-state index contributed by atoms with van der Waals surface area (Å²) in [6, 6.07) is 12.9. The van der Waals surface area contributed by atoms with Crippen LogP contribution in [0.25, 0.3) is 0 Å². The van der Waals surface area contributed by atoms with Crippen molar-refractivity contribution < 1.29 is 33.6 Å². The average Bonchev–Trinajstić information content (AvgIpc) is 3.16. The molecular formula is C43H55Cl2N3O7. The van der Waals surface area contributed by atoms with Crippen LogP contribution in [0.1, 0.15) is 62.4 Å². The number of ether oxygens (including phenoxy) is 4. The molecule has 1 unspecified atom stereocenters. The van der Waals surface area contributed by atoms with Gasteiger partial charge in [-0.1, -0.05) is 67.8 Å². The van der Waals surface area contributed by atoms with Crippen LogP contribution in [-0.4, -0.2) is 68.7 Å². The van der Waals surface area contributed by atoms with Crippen LogP contribution < -0.4 is 10.1 Å². The number of unbranched alkanes of at least 4 members (excludes halogenated alkanes) is 1. The second-order valence-electron chi connectivity index (χ2n) is 12.0. The minimum absolute atomic E-state index is 0.0786.